The molecular formula is C22H28N2O5. The Labute approximate surface area is 171 Å². The zero-order chi connectivity index (χ0) is 21.8. The fraction of sp³-hybridized carbons (Fsp3) is 0.455. The van der Waals surface area contributed by atoms with Crippen molar-refractivity contribution in [3.05, 3.63) is 41.5 Å². The Bertz CT molecular complexity index is 850. The van der Waals surface area contributed by atoms with Crippen LogP contribution in [0.5, 0.6) is 0 Å². The van der Waals surface area contributed by atoms with E-state index in [1.54, 1.807) is 34.6 Å². The van der Waals surface area contributed by atoms with Gasteiger partial charge >= 0.3 is 11.9 Å². The number of carbonyl (C=O) groups is 3. The minimum atomic E-state index is -0.672. The van der Waals surface area contributed by atoms with Gasteiger partial charge in [-0.15, -0.1) is 0 Å². The molecule has 0 fully saturated rings. The fourth-order valence-corrected chi connectivity index (χ4v) is 3.31. The molecule has 1 aromatic rings. The SMILES string of the molecule is COC(=O)C1C(C)=NC(c2ccccc2)=C(C(=O)NCC(=O)OC(C)(C)C)C1C. The summed E-state index contributed by atoms with van der Waals surface area (Å²) in [5.41, 5.74) is 1.50. The molecule has 156 valence electrons. The van der Waals surface area contributed by atoms with Gasteiger partial charge in [0.1, 0.15) is 18.1 Å². The highest BCUT2D eigenvalue weighted by Crippen LogP contribution is 2.36. The Kier molecular flexibility index (Phi) is 6.95. The summed E-state index contributed by atoms with van der Waals surface area (Å²) in [6.07, 6.45) is 0. The van der Waals surface area contributed by atoms with Crippen LogP contribution in [0.4, 0.5) is 0 Å². The van der Waals surface area contributed by atoms with Crippen LogP contribution >= 0.6 is 0 Å². The van der Waals surface area contributed by atoms with Gasteiger partial charge in [-0.05, 0) is 27.7 Å². The smallest absolute Gasteiger partial charge is 0.325 e. The molecule has 0 aromatic heterocycles. The van der Waals surface area contributed by atoms with Crippen LogP contribution in [0.25, 0.3) is 5.70 Å². The second-order valence-electron chi connectivity index (χ2n) is 7.94. The summed E-state index contributed by atoms with van der Waals surface area (Å²) < 4.78 is 10.1. The van der Waals surface area contributed by atoms with Crippen LogP contribution in [0, 0.1) is 11.8 Å². The second kappa shape index (κ2) is 9.03. The number of amides is 1. The number of nitrogens with zero attached hydrogens (tertiary/aromatic N) is 1. The molecule has 7 nitrogen and oxygen atoms in total. The Morgan fingerprint density at radius 3 is 2.31 bits per heavy atom. The summed E-state index contributed by atoms with van der Waals surface area (Å²) in [6.45, 7) is 8.51. The van der Waals surface area contributed by atoms with Crippen LogP contribution in [-0.4, -0.2) is 42.8 Å². The van der Waals surface area contributed by atoms with Crippen LogP contribution in [0.3, 0.4) is 0 Å². The van der Waals surface area contributed by atoms with Crippen molar-refractivity contribution in [2.75, 3.05) is 13.7 Å². The number of methoxy groups -OCH3 is 1. The normalized spacial score (nSPS) is 19.3. The summed E-state index contributed by atoms with van der Waals surface area (Å²) in [4.78, 5) is 41.9. The summed E-state index contributed by atoms with van der Waals surface area (Å²) in [5, 5.41) is 2.60. The number of hydrogen-bond donors (Lipinski definition) is 1. The van der Waals surface area contributed by atoms with Gasteiger partial charge in [0.15, 0.2) is 0 Å². The largest absolute Gasteiger partial charge is 0.468 e. The third kappa shape index (κ3) is 5.53. The quantitative estimate of drug-likeness (QED) is 0.767. The van der Waals surface area contributed by atoms with E-state index in [4.69, 9.17) is 9.47 Å². The van der Waals surface area contributed by atoms with Crippen LogP contribution in [0.2, 0.25) is 0 Å². The molecule has 2 rings (SSSR count). The number of rotatable bonds is 5. The van der Waals surface area contributed by atoms with Gasteiger partial charge in [-0.1, -0.05) is 37.3 Å². The summed E-state index contributed by atoms with van der Waals surface area (Å²) in [7, 11) is 1.31. The van der Waals surface area contributed by atoms with E-state index >= 15 is 0 Å². The molecule has 29 heavy (non-hydrogen) atoms. The number of nitrogens with one attached hydrogen (secondary N) is 1. The molecule has 1 aliphatic rings. The van der Waals surface area contributed by atoms with Crippen molar-refractivity contribution in [3.63, 3.8) is 0 Å². The van der Waals surface area contributed by atoms with Gasteiger partial charge in [0.2, 0.25) is 5.91 Å². The molecule has 1 aromatic carbocycles. The first-order valence-electron chi connectivity index (χ1n) is 9.47. The Balaban J connectivity index is 2.38. The van der Waals surface area contributed by atoms with Crippen LogP contribution in [-0.2, 0) is 23.9 Å². The maximum atomic E-state index is 13.0. The Morgan fingerprint density at radius 1 is 1.14 bits per heavy atom. The molecule has 0 saturated heterocycles. The molecule has 1 amide bonds. The van der Waals surface area contributed by atoms with E-state index in [1.807, 2.05) is 30.3 Å². The zero-order valence-corrected chi connectivity index (χ0v) is 17.7. The lowest BCUT2D eigenvalue weighted by Crippen LogP contribution is -2.41. The van der Waals surface area contributed by atoms with E-state index in [2.05, 4.69) is 10.3 Å². The molecule has 0 radical (unpaired) electrons. The summed E-state index contributed by atoms with van der Waals surface area (Å²) in [6, 6.07) is 9.25. The van der Waals surface area contributed by atoms with Crippen molar-refractivity contribution in [3.8, 4) is 0 Å². The van der Waals surface area contributed by atoms with Crippen molar-refractivity contribution in [2.45, 2.75) is 40.2 Å². The van der Waals surface area contributed by atoms with Gasteiger partial charge in [0, 0.05) is 22.8 Å². The molecule has 0 saturated carbocycles. The molecule has 0 spiro atoms. The summed E-state index contributed by atoms with van der Waals surface area (Å²) in [5.74, 6) is -2.61. The van der Waals surface area contributed by atoms with E-state index in [1.165, 1.54) is 7.11 Å². The van der Waals surface area contributed by atoms with E-state index in [-0.39, 0.29) is 6.54 Å². The molecule has 1 heterocycles. The van der Waals surface area contributed by atoms with Gasteiger partial charge in [0.05, 0.1) is 12.8 Å². The first kappa shape index (κ1) is 22.3. The molecular weight excluding hydrogens is 372 g/mol. The molecule has 0 aliphatic carbocycles. The number of carbonyl (C=O) groups excluding carboxylic acids is 3. The third-order valence-corrected chi connectivity index (χ3v) is 4.51. The van der Waals surface area contributed by atoms with E-state index in [0.717, 1.165) is 5.56 Å². The lowest BCUT2D eigenvalue weighted by atomic mass is 9.79. The average Bonchev–Trinajstić information content (AvgIpc) is 2.64. The van der Waals surface area contributed by atoms with Crippen molar-refractivity contribution >= 4 is 29.3 Å². The summed E-state index contributed by atoms with van der Waals surface area (Å²) >= 11 is 0. The third-order valence-electron chi connectivity index (χ3n) is 4.51. The maximum Gasteiger partial charge on any atom is 0.325 e. The average molecular weight is 400 g/mol. The van der Waals surface area contributed by atoms with Gasteiger partial charge in [0.25, 0.3) is 0 Å². The minimum Gasteiger partial charge on any atom is -0.468 e. The van der Waals surface area contributed by atoms with E-state index in [0.29, 0.717) is 17.0 Å². The second-order valence-corrected chi connectivity index (χ2v) is 7.94. The fourth-order valence-electron chi connectivity index (χ4n) is 3.31. The standard InChI is InChI=1S/C22H28N2O5/c1-13-17(21(27)28-6)14(2)24-19(15-10-8-7-9-11-15)18(13)20(26)23-12-16(25)29-22(3,4)5/h7-11,13,17H,12H2,1-6H3,(H,23,26). The van der Waals surface area contributed by atoms with Crippen LogP contribution in [0.15, 0.2) is 40.9 Å². The zero-order valence-electron chi connectivity index (χ0n) is 17.7. The topological polar surface area (TPSA) is 94.1 Å². The van der Waals surface area contributed by atoms with Gasteiger partial charge in [-0.3, -0.25) is 19.4 Å². The highest BCUT2D eigenvalue weighted by Gasteiger charge is 2.39. The predicted octanol–water partition coefficient (Wildman–Crippen LogP) is 2.76. The lowest BCUT2D eigenvalue weighted by molar-refractivity contribution is -0.154. The number of aliphatic imine (C=N–C) groups is 1. The highest BCUT2D eigenvalue weighted by molar-refractivity contribution is 6.11. The van der Waals surface area contributed by atoms with Crippen molar-refractivity contribution < 1.29 is 23.9 Å². The van der Waals surface area contributed by atoms with Crippen LogP contribution in [0.1, 0.15) is 40.2 Å². The minimum absolute atomic E-state index is 0.278. The number of benzene rings is 1. The van der Waals surface area contributed by atoms with Crippen LogP contribution < -0.4 is 5.32 Å². The Morgan fingerprint density at radius 2 is 1.76 bits per heavy atom. The highest BCUT2D eigenvalue weighted by atomic mass is 16.6. The first-order chi connectivity index (χ1) is 13.5. The van der Waals surface area contributed by atoms with Gasteiger partial charge in [-0.2, -0.15) is 0 Å². The molecule has 2 atom stereocenters. The molecule has 7 heteroatoms. The van der Waals surface area contributed by atoms with Crippen molar-refractivity contribution in [1.29, 1.82) is 0 Å². The molecule has 2 unspecified atom stereocenters. The lowest BCUT2D eigenvalue weighted by Gasteiger charge is -2.29. The molecule has 1 N–H and O–H groups in total. The molecule has 0 bridgehead atoms. The Hall–Kier alpha value is -2.96. The van der Waals surface area contributed by atoms with Gasteiger partial charge in [-0.25, -0.2) is 0 Å². The van der Waals surface area contributed by atoms with Crippen molar-refractivity contribution in [1.82, 2.24) is 5.32 Å². The van der Waals surface area contributed by atoms with E-state index in [9.17, 15) is 14.4 Å². The number of hydrogen-bond acceptors (Lipinski definition) is 6. The maximum absolute atomic E-state index is 13.0. The number of esters is 2. The van der Waals surface area contributed by atoms with Crippen molar-refractivity contribution in [2.24, 2.45) is 16.8 Å². The van der Waals surface area contributed by atoms with E-state index < -0.39 is 35.3 Å². The number of ether oxygens (including phenoxy) is 2. The predicted molar refractivity (Wildman–Crippen MR) is 110 cm³/mol. The first-order valence-corrected chi connectivity index (χ1v) is 9.47. The van der Waals surface area contributed by atoms with Gasteiger partial charge < -0.3 is 14.8 Å². The molecule has 1 aliphatic heterocycles. The monoisotopic (exact) mass is 400 g/mol.